The molecule has 0 aliphatic carbocycles. The molecular weight excluding hydrogens is 359 g/mol. The molecule has 0 saturated carbocycles. The van der Waals surface area contributed by atoms with Crippen molar-refractivity contribution >= 4 is 50.0 Å². The van der Waals surface area contributed by atoms with Gasteiger partial charge in [-0.2, -0.15) is 0 Å². The average Bonchev–Trinajstić information content (AvgIpc) is 3.08. The van der Waals surface area contributed by atoms with Gasteiger partial charge in [-0.15, -0.1) is 0 Å². The highest BCUT2D eigenvalue weighted by atomic mass is 32.1. The lowest BCUT2D eigenvalue weighted by Gasteiger charge is -2.32. The van der Waals surface area contributed by atoms with Crippen LogP contribution in [-0.2, 0) is 9.31 Å². The molecule has 5 rings (SSSR count). The smallest absolute Gasteiger partial charge is 0.399 e. The number of hydrogen-bond donors (Lipinski definition) is 0. The quantitative estimate of drug-likeness (QED) is 0.477. The zero-order valence-corrected chi connectivity index (χ0v) is 16.5. The van der Waals surface area contributed by atoms with Crippen molar-refractivity contribution in [2.45, 2.75) is 38.9 Å². The molecule has 1 fully saturated rings. The van der Waals surface area contributed by atoms with E-state index in [9.17, 15) is 4.79 Å². The molecule has 0 unspecified atom stereocenters. The molecule has 0 amide bonds. The summed E-state index contributed by atoms with van der Waals surface area (Å²) in [4.78, 5) is 18.4. The Balaban J connectivity index is 1.69. The molecule has 0 bridgehead atoms. The van der Waals surface area contributed by atoms with Crippen molar-refractivity contribution in [1.82, 2.24) is 9.38 Å². The molecule has 4 aromatic rings. The SMILES string of the molecule is CC1(C)OB(c2ccc3c(c2)nc2sc4ccccc4c(=O)n23)OC1(C)C. The topological polar surface area (TPSA) is 52.8 Å². The summed E-state index contributed by atoms with van der Waals surface area (Å²) in [5, 5.41) is 0.712. The van der Waals surface area contributed by atoms with Crippen LogP contribution in [-0.4, -0.2) is 27.7 Å². The average molecular weight is 378 g/mol. The van der Waals surface area contributed by atoms with Gasteiger partial charge in [-0.1, -0.05) is 29.5 Å². The summed E-state index contributed by atoms with van der Waals surface area (Å²) in [6, 6.07) is 13.5. The van der Waals surface area contributed by atoms with E-state index in [0.29, 0.717) is 10.3 Å². The van der Waals surface area contributed by atoms with Crippen LogP contribution < -0.4 is 11.0 Å². The first kappa shape index (κ1) is 16.9. The zero-order chi connectivity index (χ0) is 19.0. The van der Waals surface area contributed by atoms with E-state index in [0.717, 1.165) is 21.2 Å². The summed E-state index contributed by atoms with van der Waals surface area (Å²) < 4.78 is 14.9. The summed E-state index contributed by atoms with van der Waals surface area (Å²) >= 11 is 1.52. The second-order valence-corrected chi connectivity index (χ2v) is 8.98. The molecule has 3 heterocycles. The molecule has 136 valence electrons. The Morgan fingerprint density at radius 3 is 2.48 bits per heavy atom. The Kier molecular flexibility index (Phi) is 3.39. The van der Waals surface area contributed by atoms with Crippen LogP contribution in [0.2, 0.25) is 0 Å². The Morgan fingerprint density at radius 2 is 1.74 bits per heavy atom. The van der Waals surface area contributed by atoms with E-state index in [-0.39, 0.29) is 5.56 Å². The highest BCUT2D eigenvalue weighted by Crippen LogP contribution is 2.36. The Bertz CT molecular complexity index is 1260. The molecule has 0 atom stereocenters. The largest absolute Gasteiger partial charge is 0.494 e. The molecule has 0 N–H and O–H groups in total. The molecule has 27 heavy (non-hydrogen) atoms. The number of hydrogen-bond acceptors (Lipinski definition) is 5. The molecule has 2 aromatic heterocycles. The van der Waals surface area contributed by atoms with Gasteiger partial charge in [0.1, 0.15) is 0 Å². The fourth-order valence-corrected chi connectivity index (χ4v) is 4.44. The van der Waals surface area contributed by atoms with E-state index in [1.165, 1.54) is 11.3 Å². The number of benzene rings is 2. The highest BCUT2D eigenvalue weighted by Gasteiger charge is 2.51. The lowest BCUT2D eigenvalue weighted by atomic mass is 9.79. The third-order valence-electron chi connectivity index (χ3n) is 5.69. The van der Waals surface area contributed by atoms with Crippen molar-refractivity contribution in [2.75, 3.05) is 0 Å². The van der Waals surface area contributed by atoms with Gasteiger partial charge in [0.05, 0.1) is 27.6 Å². The van der Waals surface area contributed by atoms with Gasteiger partial charge < -0.3 is 9.31 Å². The van der Waals surface area contributed by atoms with Gasteiger partial charge in [0.15, 0.2) is 4.96 Å². The van der Waals surface area contributed by atoms with Crippen LogP contribution in [0.25, 0.3) is 26.1 Å². The van der Waals surface area contributed by atoms with Crippen molar-refractivity contribution in [3.63, 3.8) is 0 Å². The van der Waals surface area contributed by atoms with E-state index in [4.69, 9.17) is 14.3 Å². The summed E-state index contributed by atoms with van der Waals surface area (Å²) in [6.07, 6.45) is 0. The molecule has 1 aliphatic heterocycles. The summed E-state index contributed by atoms with van der Waals surface area (Å²) in [5.41, 5.74) is 1.65. The molecule has 1 saturated heterocycles. The van der Waals surface area contributed by atoms with E-state index in [1.54, 1.807) is 4.40 Å². The normalized spacial score (nSPS) is 18.7. The van der Waals surface area contributed by atoms with E-state index in [1.807, 2.05) is 70.2 Å². The van der Waals surface area contributed by atoms with E-state index >= 15 is 0 Å². The summed E-state index contributed by atoms with van der Waals surface area (Å²) in [6.45, 7) is 8.14. The van der Waals surface area contributed by atoms with Gasteiger partial charge in [-0.3, -0.25) is 4.79 Å². The van der Waals surface area contributed by atoms with Gasteiger partial charge in [0.2, 0.25) is 0 Å². The Labute approximate surface area is 160 Å². The van der Waals surface area contributed by atoms with Gasteiger partial charge in [0, 0.05) is 4.70 Å². The predicted octanol–water partition coefficient (Wildman–Crippen LogP) is 3.36. The maximum absolute atomic E-state index is 13.0. The minimum Gasteiger partial charge on any atom is -0.399 e. The predicted molar refractivity (Wildman–Crippen MR) is 110 cm³/mol. The minimum absolute atomic E-state index is 0.0368. The summed E-state index contributed by atoms with van der Waals surface area (Å²) in [5.74, 6) is 0. The van der Waals surface area contributed by atoms with Crippen molar-refractivity contribution in [3.05, 3.63) is 52.8 Å². The number of aromatic nitrogens is 2. The Hall–Kier alpha value is -2.22. The van der Waals surface area contributed by atoms with Gasteiger partial charge in [0.25, 0.3) is 5.56 Å². The standard InChI is InChI=1S/C20H19BN2O3S/c1-19(2)20(3,4)26-21(25-19)12-9-10-15-14(11-12)22-18-23(15)17(24)13-7-5-6-8-16(13)27-18/h5-11H,1-4H3. The molecule has 0 spiro atoms. The molecule has 7 heteroatoms. The first-order chi connectivity index (χ1) is 12.8. The minimum atomic E-state index is -0.446. The second kappa shape index (κ2) is 5.41. The van der Waals surface area contributed by atoms with E-state index < -0.39 is 18.3 Å². The molecule has 1 aliphatic rings. The van der Waals surface area contributed by atoms with Gasteiger partial charge >= 0.3 is 7.12 Å². The van der Waals surface area contributed by atoms with Crippen LogP contribution in [0.1, 0.15) is 27.7 Å². The fourth-order valence-electron chi connectivity index (χ4n) is 3.42. The van der Waals surface area contributed by atoms with Crippen LogP contribution in [0.5, 0.6) is 0 Å². The van der Waals surface area contributed by atoms with Crippen LogP contribution in [0.3, 0.4) is 0 Å². The van der Waals surface area contributed by atoms with Gasteiger partial charge in [-0.25, -0.2) is 9.38 Å². The molecule has 0 radical (unpaired) electrons. The lowest BCUT2D eigenvalue weighted by molar-refractivity contribution is 0.00578. The number of nitrogens with zero attached hydrogens (tertiary/aromatic N) is 2. The van der Waals surface area contributed by atoms with Gasteiger partial charge in [-0.05, 0) is 57.4 Å². The summed E-state index contributed by atoms with van der Waals surface area (Å²) in [7, 11) is -0.446. The third-order valence-corrected chi connectivity index (χ3v) is 6.73. The van der Waals surface area contributed by atoms with Crippen molar-refractivity contribution in [2.24, 2.45) is 0 Å². The molecule has 2 aromatic carbocycles. The second-order valence-electron chi connectivity index (χ2n) is 7.97. The third kappa shape index (κ3) is 2.39. The van der Waals surface area contributed by atoms with Crippen molar-refractivity contribution < 1.29 is 9.31 Å². The first-order valence-electron chi connectivity index (χ1n) is 8.96. The molecule has 5 nitrogen and oxygen atoms in total. The fraction of sp³-hybridized carbons (Fsp3) is 0.300. The first-order valence-corrected chi connectivity index (χ1v) is 9.78. The number of fused-ring (bicyclic) bond motifs is 4. The molecular formula is C20H19BN2O3S. The highest BCUT2D eigenvalue weighted by molar-refractivity contribution is 7.23. The van der Waals surface area contributed by atoms with Crippen molar-refractivity contribution in [3.8, 4) is 0 Å². The van der Waals surface area contributed by atoms with E-state index in [2.05, 4.69) is 0 Å². The maximum atomic E-state index is 13.0. The zero-order valence-electron chi connectivity index (χ0n) is 15.6. The monoisotopic (exact) mass is 378 g/mol. The lowest BCUT2D eigenvalue weighted by Crippen LogP contribution is -2.41. The maximum Gasteiger partial charge on any atom is 0.494 e. The van der Waals surface area contributed by atoms with Crippen LogP contribution in [0, 0.1) is 0 Å². The van der Waals surface area contributed by atoms with Crippen LogP contribution in [0.15, 0.2) is 47.3 Å². The van der Waals surface area contributed by atoms with Crippen LogP contribution in [0.4, 0.5) is 0 Å². The van der Waals surface area contributed by atoms with Crippen molar-refractivity contribution in [1.29, 1.82) is 0 Å². The van der Waals surface area contributed by atoms with Crippen LogP contribution >= 0.6 is 11.3 Å². The Morgan fingerprint density at radius 1 is 1.04 bits per heavy atom. The number of imidazole rings is 1. The number of rotatable bonds is 1.